The molecule has 5 nitrogen and oxygen atoms in total. The molecule has 1 saturated heterocycles. The van der Waals surface area contributed by atoms with Gasteiger partial charge in [-0.05, 0) is 37.0 Å². The summed E-state index contributed by atoms with van der Waals surface area (Å²) >= 11 is 0. The summed E-state index contributed by atoms with van der Waals surface area (Å²) in [6.07, 6.45) is 1.13. The zero-order chi connectivity index (χ0) is 13.9. The second kappa shape index (κ2) is 5.81. The molecule has 0 spiro atoms. The van der Waals surface area contributed by atoms with Crippen molar-refractivity contribution in [1.29, 1.82) is 0 Å². The quantitative estimate of drug-likeness (QED) is 0.879. The van der Waals surface area contributed by atoms with E-state index in [0.717, 1.165) is 43.2 Å². The maximum Gasteiger partial charge on any atom is 0.262 e. The van der Waals surface area contributed by atoms with Gasteiger partial charge < -0.3 is 20.1 Å². The van der Waals surface area contributed by atoms with Crippen molar-refractivity contribution in [3.63, 3.8) is 0 Å². The van der Waals surface area contributed by atoms with Crippen molar-refractivity contribution in [2.24, 2.45) is 5.92 Å². The number of carbonyl (C=O) groups excluding carboxylic acids is 1. The summed E-state index contributed by atoms with van der Waals surface area (Å²) in [7, 11) is 0. The molecular weight excluding hydrogens is 256 g/mol. The first kappa shape index (κ1) is 13.4. The summed E-state index contributed by atoms with van der Waals surface area (Å²) in [6, 6.07) is 6.18. The number of amides is 1. The first-order valence-corrected chi connectivity index (χ1v) is 7.10. The molecule has 2 heterocycles. The lowest BCUT2D eigenvalue weighted by Crippen LogP contribution is -2.27. The van der Waals surface area contributed by atoms with E-state index in [0.29, 0.717) is 5.92 Å². The van der Waals surface area contributed by atoms with Gasteiger partial charge in [0.25, 0.3) is 5.91 Å². The Balaban J connectivity index is 1.63. The monoisotopic (exact) mass is 276 g/mol. The highest BCUT2D eigenvalue weighted by Gasteiger charge is 2.19. The number of anilines is 1. The van der Waals surface area contributed by atoms with Crippen LogP contribution in [-0.2, 0) is 9.53 Å². The van der Waals surface area contributed by atoms with Crippen LogP contribution in [0.25, 0.3) is 0 Å². The van der Waals surface area contributed by atoms with Crippen molar-refractivity contribution in [2.75, 3.05) is 31.7 Å². The van der Waals surface area contributed by atoms with Crippen molar-refractivity contribution in [3.05, 3.63) is 23.8 Å². The number of rotatable bonds is 4. The van der Waals surface area contributed by atoms with Crippen LogP contribution in [0.4, 0.5) is 5.69 Å². The molecular formula is C15H20N2O3. The van der Waals surface area contributed by atoms with Crippen LogP contribution in [0, 0.1) is 5.92 Å². The molecule has 2 unspecified atom stereocenters. The minimum Gasteiger partial charge on any atom is -0.482 e. The maximum absolute atomic E-state index is 11.3. The summed E-state index contributed by atoms with van der Waals surface area (Å²) in [4.78, 5) is 11.3. The number of hydrogen-bond acceptors (Lipinski definition) is 4. The van der Waals surface area contributed by atoms with Gasteiger partial charge in [-0.3, -0.25) is 4.79 Å². The molecule has 1 aromatic rings. The van der Waals surface area contributed by atoms with Crippen LogP contribution < -0.4 is 15.4 Å². The highest BCUT2D eigenvalue weighted by Crippen LogP contribution is 2.30. The third kappa shape index (κ3) is 2.94. The Morgan fingerprint density at radius 2 is 2.40 bits per heavy atom. The van der Waals surface area contributed by atoms with Crippen LogP contribution in [0.1, 0.15) is 24.9 Å². The number of hydrogen-bond donors (Lipinski definition) is 2. The molecule has 2 aliphatic heterocycles. The fraction of sp³-hybridized carbons (Fsp3) is 0.533. The zero-order valence-electron chi connectivity index (χ0n) is 11.6. The van der Waals surface area contributed by atoms with Gasteiger partial charge in [0.1, 0.15) is 5.75 Å². The fourth-order valence-corrected chi connectivity index (χ4v) is 2.58. The maximum atomic E-state index is 11.3. The zero-order valence-corrected chi connectivity index (χ0v) is 11.6. The molecule has 1 fully saturated rings. The molecule has 2 atom stereocenters. The summed E-state index contributed by atoms with van der Waals surface area (Å²) in [6.45, 7) is 4.92. The van der Waals surface area contributed by atoms with Gasteiger partial charge in [0.15, 0.2) is 6.61 Å². The predicted molar refractivity (Wildman–Crippen MR) is 75.9 cm³/mol. The van der Waals surface area contributed by atoms with Crippen molar-refractivity contribution < 1.29 is 14.3 Å². The summed E-state index contributed by atoms with van der Waals surface area (Å²) in [5, 5.41) is 6.37. The topological polar surface area (TPSA) is 59.6 Å². The SMILES string of the molecule is CC(NCC1CCOC1)c1ccc2c(c1)NC(=O)CO2. The molecule has 0 aromatic heterocycles. The van der Waals surface area contributed by atoms with E-state index in [2.05, 4.69) is 17.6 Å². The third-order valence-electron chi connectivity index (χ3n) is 3.87. The van der Waals surface area contributed by atoms with Gasteiger partial charge in [-0.1, -0.05) is 6.07 Å². The minimum atomic E-state index is -0.0987. The number of fused-ring (bicyclic) bond motifs is 1. The molecule has 2 N–H and O–H groups in total. The predicted octanol–water partition coefficient (Wildman–Crippen LogP) is 1.70. The summed E-state index contributed by atoms with van der Waals surface area (Å²) < 4.78 is 10.7. The van der Waals surface area contributed by atoms with Gasteiger partial charge in [-0.15, -0.1) is 0 Å². The highest BCUT2D eigenvalue weighted by molar-refractivity contribution is 5.95. The van der Waals surface area contributed by atoms with Crippen LogP contribution in [0.15, 0.2) is 18.2 Å². The molecule has 0 bridgehead atoms. The first-order valence-electron chi connectivity index (χ1n) is 7.10. The van der Waals surface area contributed by atoms with Crippen LogP contribution in [0.2, 0.25) is 0 Å². The van der Waals surface area contributed by atoms with Crippen LogP contribution in [-0.4, -0.2) is 32.3 Å². The normalized spacial score (nSPS) is 22.9. The average molecular weight is 276 g/mol. The van der Waals surface area contributed by atoms with E-state index in [9.17, 15) is 4.79 Å². The van der Waals surface area contributed by atoms with Gasteiger partial charge in [0.2, 0.25) is 0 Å². The summed E-state index contributed by atoms with van der Waals surface area (Å²) in [5.74, 6) is 1.25. The molecule has 5 heteroatoms. The molecule has 2 aliphatic rings. The van der Waals surface area contributed by atoms with Crippen LogP contribution in [0.5, 0.6) is 5.75 Å². The van der Waals surface area contributed by atoms with E-state index in [1.807, 2.05) is 18.2 Å². The second-order valence-corrected chi connectivity index (χ2v) is 5.45. The van der Waals surface area contributed by atoms with Crippen molar-refractivity contribution in [1.82, 2.24) is 5.32 Å². The number of benzene rings is 1. The molecule has 0 radical (unpaired) electrons. The van der Waals surface area contributed by atoms with Gasteiger partial charge in [-0.25, -0.2) is 0 Å². The van der Waals surface area contributed by atoms with Crippen molar-refractivity contribution >= 4 is 11.6 Å². The second-order valence-electron chi connectivity index (χ2n) is 5.45. The first-order chi connectivity index (χ1) is 9.72. The molecule has 1 aromatic carbocycles. The fourth-order valence-electron chi connectivity index (χ4n) is 2.58. The molecule has 1 amide bonds. The van der Waals surface area contributed by atoms with E-state index in [1.54, 1.807) is 0 Å². The highest BCUT2D eigenvalue weighted by atomic mass is 16.5. The number of ether oxygens (including phenoxy) is 2. The van der Waals surface area contributed by atoms with Crippen molar-refractivity contribution in [2.45, 2.75) is 19.4 Å². The van der Waals surface area contributed by atoms with Gasteiger partial charge >= 0.3 is 0 Å². The molecule has 108 valence electrons. The largest absolute Gasteiger partial charge is 0.482 e. The lowest BCUT2D eigenvalue weighted by Gasteiger charge is -2.21. The Hall–Kier alpha value is -1.59. The number of carbonyl (C=O) groups is 1. The smallest absolute Gasteiger partial charge is 0.262 e. The Morgan fingerprint density at radius 1 is 1.50 bits per heavy atom. The van der Waals surface area contributed by atoms with E-state index < -0.39 is 0 Å². The minimum absolute atomic E-state index is 0.0987. The van der Waals surface area contributed by atoms with E-state index in [-0.39, 0.29) is 18.6 Å². The molecule has 0 aliphatic carbocycles. The Labute approximate surface area is 118 Å². The molecule has 0 saturated carbocycles. The van der Waals surface area contributed by atoms with Gasteiger partial charge in [0.05, 0.1) is 12.3 Å². The van der Waals surface area contributed by atoms with Crippen LogP contribution >= 0.6 is 0 Å². The Bertz CT molecular complexity index is 498. The van der Waals surface area contributed by atoms with E-state index in [4.69, 9.17) is 9.47 Å². The Kier molecular flexibility index (Phi) is 3.89. The van der Waals surface area contributed by atoms with Crippen LogP contribution in [0.3, 0.4) is 0 Å². The van der Waals surface area contributed by atoms with Crippen molar-refractivity contribution in [3.8, 4) is 5.75 Å². The lowest BCUT2D eigenvalue weighted by molar-refractivity contribution is -0.118. The van der Waals surface area contributed by atoms with Gasteiger partial charge in [0, 0.05) is 19.2 Å². The molecule has 3 rings (SSSR count). The van der Waals surface area contributed by atoms with E-state index in [1.165, 1.54) is 0 Å². The number of nitrogens with one attached hydrogen (secondary N) is 2. The third-order valence-corrected chi connectivity index (χ3v) is 3.87. The van der Waals surface area contributed by atoms with Gasteiger partial charge in [-0.2, -0.15) is 0 Å². The lowest BCUT2D eigenvalue weighted by atomic mass is 10.0. The Morgan fingerprint density at radius 3 is 3.20 bits per heavy atom. The standard InChI is InChI=1S/C15H20N2O3/c1-10(16-7-11-4-5-19-8-11)12-2-3-14-13(6-12)17-15(18)9-20-14/h2-3,6,10-11,16H,4-5,7-9H2,1H3,(H,17,18). The molecule has 20 heavy (non-hydrogen) atoms. The van der Waals surface area contributed by atoms with E-state index >= 15 is 0 Å². The average Bonchev–Trinajstić information content (AvgIpc) is 2.97. The summed E-state index contributed by atoms with van der Waals surface area (Å²) in [5.41, 5.74) is 1.91.